The topological polar surface area (TPSA) is 49.7 Å². The van der Waals surface area contributed by atoms with Crippen LogP contribution in [-0.4, -0.2) is 29.7 Å². The van der Waals surface area contributed by atoms with Gasteiger partial charge >= 0.3 is 0 Å². The van der Waals surface area contributed by atoms with Crippen LogP contribution < -0.4 is 10.4 Å². The van der Waals surface area contributed by atoms with Gasteiger partial charge in [-0.1, -0.05) is 48.5 Å². The molecule has 0 radical (unpaired) electrons. The zero-order chi connectivity index (χ0) is 13.5. The minimum Gasteiger partial charge on any atom is -0.458 e. The lowest BCUT2D eigenvalue weighted by Gasteiger charge is -2.05. The zero-order valence-electron chi connectivity index (χ0n) is 10.7. The summed E-state index contributed by atoms with van der Waals surface area (Å²) in [5, 5.41) is 20.5. The summed E-state index contributed by atoms with van der Waals surface area (Å²) in [5.74, 6) is 0. The van der Waals surface area contributed by atoms with Crippen molar-refractivity contribution in [3.05, 3.63) is 59.7 Å². The van der Waals surface area contributed by atoms with E-state index in [4.69, 9.17) is 14.3 Å². The van der Waals surface area contributed by atoms with Gasteiger partial charge in [0.15, 0.2) is 19.5 Å². The van der Waals surface area contributed by atoms with Crippen molar-refractivity contribution in [3.8, 4) is 0 Å². The third kappa shape index (κ3) is 4.41. The van der Waals surface area contributed by atoms with Crippen molar-refractivity contribution in [1.82, 2.24) is 0 Å². The maximum atomic E-state index is 8.97. The third-order valence-electron chi connectivity index (χ3n) is 2.95. The first-order valence-corrected chi connectivity index (χ1v) is 8.84. The molecular formula is C14H18O3Si2. The van der Waals surface area contributed by atoms with Gasteiger partial charge in [0.25, 0.3) is 0 Å². The standard InChI is InChI=1S/C14H18O3Si2/c15-9-11-1-5-13(6-2-11)18-17-19-14-7-3-12(10-16)4-8-14/h1-8,15-16H,9-10,18-19H2. The average Bonchev–Trinajstić information content (AvgIpc) is 2.49. The average molecular weight is 290 g/mol. The Bertz CT molecular complexity index is 450. The number of benzene rings is 2. The molecule has 0 aliphatic carbocycles. The summed E-state index contributed by atoms with van der Waals surface area (Å²) in [6.45, 7) is 0.184. The van der Waals surface area contributed by atoms with E-state index in [1.165, 1.54) is 10.4 Å². The van der Waals surface area contributed by atoms with Gasteiger partial charge in [-0.3, -0.25) is 0 Å². The van der Waals surface area contributed by atoms with Gasteiger partial charge in [0, 0.05) is 0 Å². The molecule has 5 heteroatoms. The molecule has 100 valence electrons. The van der Waals surface area contributed by atoms with E-state index < -0.39 is 19.5 Å². The van der Waals surface area contributed by atoms with Crippen molar-refractivity contribution >= 4 is 29.9 Å². The fourth-order valence-corrected chi connectivity index (χ4v) is 4.92. The first-order valence-electron chi connectivity index (χ1n) is 6.27. The first kappa shape index (κ1) is 14.2. The molecule has 0 spiro atoms. The lowest BCUT2D eigenvalue weighted by Crippen LogP contribution is -2.25. The second kappa shape index (κ2) is 7.37. The summed E-state index contributed by atoms with van der Waals surface area (Å²) >= 11 is 0. The second-order valence-corrected chi connectivity index (χ2v) is 8.29. The lowest BCUT2D eigenvalue weighted by atomic mass is 10.2. The van der Waals surface area contributed by atoms with Gasteiger partial charge in [0.2, 0.25) is 0 Å². The van der Waals surface area contributed by atoms with Crippen molar-refractivity contribution in [2.24, 2.45) is 0 Å². The van der Waals surface area contributed by atoms with Crippen LogP contribution in [0.25, 0.3) is 0 Å². The van der Waals surface area contributed by atoms with Crippen LogP contribution >= 0.6 is 0 Å². The highest BCUT2D eigenvalue weighted by Crippen LogP contribution is 1.96. The van der Waals surface area contributed by atoms with Gasteiger partial charge in [-0.15, -0.1) is 0 Å². The molecule has 0 bridgehead atoms. The summed E-state index contributed by atoms with van der Waals surface area (Å²) in [6, 6.07) is 16.0. The highest BCUT2D eigenvalue weighted by Gasteiger charge is 1.98. The molecule has 0 aliphatic heterocycles. The van der Waals surface area contributed by atoms with E-state index in [1.807, 2.05) is 48.5 Å². The maximum absolute atomic E-state index is 8.97. The lowest BCUT2D eigenvalue weighted by molar-refractivity contribution is 0.281. The van der Waals surface area contributed by atoms with E-state index in [9.17, 15) is 0 Å². The molecule has 0 aromatic heterocycles. The molecule has 0 saturated carbocycles. The minimum atomic E-state index is -0.663. The van der Waals surface area contributed by atoms with Crippen molar-refractivity contribution in [2.45, 2.75) is 13.2 Å². The van der Waals surface area contributed by atoms with Crippen LogP contribution in [0.15, 0.2) is 48.5 Å². The van der Waals surface area contributed by atoms with E-state index in [2.05, 4.69) is 0 Å². The van der Waals surface area contributed by atoms with E-state index >= 15 is 0 Å². The smallest absolute Gasteiger partial charge is 0.178 e. The van der Waals surface area contributed by atoms with Crippen molar-refractivity contribution in [2.75, 3.05) is 0 Å². The zero-order valence-corrected chi connectivity index (χ0v) is 13.6. The summed E-state index contributed by atoms with van der Waals surface area (Å²) in [5.41, 5.74) is 1.88. The van der Waals surface area contributed by atoms with Crippen LogP contribution in [0.5, 0.6) is 0 Å². The quantitative estimate of drug-likeness (QED) is 0.658. The van der Waals surface area contributed by atoms with Gasteiger partial charge in [-0.2, -0.15) is 0 Å². The molecule has 0 amide bonds. The Labute approximate surface area is 117 Å². The molecular weight excluding hydrogens is 272 g/mol. The number of aliphatic hydroxyl groups is 2. The molecule has 19 heavy (non-hydrogen) atoms. The van der Waals surface area contributed by atoms with E-state index in [-0.39, 0.29) is 13.2 Å². The highest BCUT2D eigenvalue weighted by atomic mass is 28.3. The molecule has 0 aliphatic rings. The Kier molecular flexibility index (Phi) is 5.50. The van der Waals surface area contributed by atoms with Crippen molar-refractivity contribution in [1.29, 1.82) is 0 Å². The predicted molar refractivity (Wildman–Crippen MR) is 82.2 cm³/mol. The Balaban J connectivity index is 1.81. The molecule has 2 N–H and O–H groups in total. The maximum Gasteiger partial charge on any atom is 0.178 e. The largest absolute Gasteiger partial charge is 0.458 e. The first-order chi connectivity index (χ1) is 9.31. The third-order valence-corrected chi connectivity index (χ3v) is 6.19. The Morgan fingerprint density at radius 2 is 1.05 bits per heavy atom. The summed E-state index contributed by atoms with van der Waals surface area (Å²) in [6.07, 6.45) is 0. The molecule has 0 atom stereocenters. The van der Waals surface area contributed by atoms with Crippen LogP contribution in [-0.2, 0) is 17.3 Å². The van der Waals surface area contributed by atoms with Gasteiger partial charge in [0.1, 0.15) is 0 Å². The fraction of sp³-hybridized carbons (Fsp3) is 0.143. The van der Waals surface area contributed by atoms with Crippen LogP contribution in [0.2, 0.25) is 0 Å². The van der Waals surface area contributed by atoms with E-state index in [0.717, 1.165) is 11.1 Å². The summed E-state index contributed by atoms with van der Waals surface area (Å²) in [7, 11) is -1.33. The van der Waals surface area contributed by atoms with Gasteiger partial charge in [-0.05, 0) is 21.5 Å². The van der Waals surface area contributed by atoms with Crippen LogP contribution in [0.3, 0.4) is 0 Å². The Hall–Kier alpha value is -1.25. The molecule has 0 unspecified atom stereocenters. The van der Waals surface area contributed by atoms with Crippen molar-refractivity contribution < 1.29 is 14.3 Å². The number of hydrogen-bond acceptors (Lipinski definition) is 3. The SMILES string of the molecule is OCc1ccc([SiH2]O[SiH2]c2ccc(CO)cc2)cc1. The number of hydrogen-bond donors (Lipinski definition) is 2. The van der Waals surface area contributed by atoms with Crippen molar-refractivity contribution in [3.63, 3.8) is 0 Å². The van der Waals surface area contributed by atoms with E-state index in [1.54, 1.807) is 0 Å². The fourth-order valence-electron chi connectivity index (χ4n) is 1.77. The predicted octanol–water partition coefficient (Wildman–Crippen LogP) is -1.19. The summed E-state index contributed by atoms with van der Waals surface area (Å²) < 4.78 is 5.91. The Morgan fingerprint density at radius 1 is 0.684 bits per heavy atom. The monoisotopic (exact) mass is 290 g/mol. The van der Waals surface area contributed by atoms with Crippen LogP contribution in [0.1, 0.15) is 11.1 Å². The van der Waals surface area contributed by atoms with Gasteiger partial charge < -0.3 is 14.3 Å². The number of aliphatic hydroxyl groups excluding tert-OH is 2. The minimum absolute atomic E-state index is 0.0919. The molecule has 0 heterocycles. The highest BCUT2D eigenvalue weighted by molar-refractivity contribution is 6.60. The van der Waals surface area contributed by atoms with Crippen LogP contribution in [0, 0.1) is 0 Å². The molecule has 2 rings (SSSR count). The Morgan fingerprint density at radius 3 is 1.37 bits per heavy atom. The van der Waals surface area contributed by atoms with Gasteiger partial charge in [-0.25, -0.2) is 0 Å². The van der Waals surface area contributed by atoms with Crippen LogP contribution in [0.4, 0.5) is 0 Å². The normalized spacial score (nSPS) is 11.9. The molecule has 2 aromatic carbocycles. The second-order valence-electron chi connectivity index (χ2n) is 4.44. The molecule has 0 fully saturated rings. The number of rotatable bonds is 6. The van der Waals surface area contributed by atoms with Gasteiger partial charge in [0.05, 0.1) is 13.2 Å². The summed E-state index contributed by atoms with van der Waals surface area (Å²) in [4.78, 5) is 0. The van der Waals surface area contributed by atoms with E-state index in [0.29, 0.717) is 0 Å². The molecule has 0 saturated heterocycles. The molecule has 3 nitrogen and oxygen atoms in total. The molecule has 2 aromatic rings.